The second-order valence-electron chi connectivity index (χ2n) is 6.27. The minimum atomic E-state index is -0.287. The molecule has 7 heteroatoms. The zero-order valence-corrected chi connectivity index (χ0v) is 16.3. The van der Waals surface area contributed by atoms with Gasteiger partial charge in [-0.25, -0.2) is 9.78 Å². The molecule has 0 N–H and O–H groups in total. The average Bonchev–Trinajstić information content (AvgIpc) is 3.10. The smallest absolute Gasteiger partial charge is 0.410 e. The van der Waals surface area contributed by atoms with Crippen LogP contribution in [0.25, 0.3) is 21.6 Å². The topological polar surface area (TPSA) is 64.6 Å². The number of fused-ring (bicyclic) bond motifs is 3. The summed E-state index contributed by atoms with van der Waals surface area (Å²) < 4.78 is 10.9. The van der Waals surface area contributed by atoms with Gasteiger partial charge in [0.25, 0.3) is 0 Å². The van der Waals surface area contributed by atoms with Crippen molar-refractivity contribution in [1.82, 2.24) is 14.9 Å². The summed E-state index contributed by atoms with van der Waals surface area (Å²) in [5.74, 6) is 3.60. The maximum absolute atomic E-state index is 12.1. The third-order valence-corrected chi connectivity index (χ3v) is 5.63. The quantitative estimate of drug-likeness (QED) is 0.630. The molecular formula is C21H19N3O3S. The first-order valence-electron chi connectivity index (χ1n) is 9.07. The Morgan fingerprint density at radius 2 is 2.14 bits per heavy atom. The van der Waals surface area contributed by atoms with Crippen LogP contribution in [0.5, 0.6) is 5.88 Å². The molecule has 4 rings (SSSR count). The van der Waals surface area contributed by atoms with E-state index < -0.39 is 0 Å². The first kappa shape index (κ1) is 18.3. The van der Waals surface area contributed by atoms with E-state index in [1.165, 1.54) is 0 Å². The van der Waals surface area contributed by atoms with Gasteiger partial charge in [-0.1, -0.05) is 36.3 Å². The molecule has 0 unspecified atom stereocenters. The number of thiophene rings is 1. The number of amides is 1. The van der Waals surface area contributed by atoms with Crippen LogP contribution < -0.4 is 4.74 Å². The van der Waals surface area contributed by atoms with Crippen molar-refractivity contribution in [3.63, 3.8) is 0 Å². The second kappa shape index (κ2) is 7.87. The Morgan fingerprint density at radius 1 is 1.32 bits per heavy atom. The zero-order valence-electron chi connectivity index (χ0n) is 15.5. The van der Waals surface area contributed by atoms with Gasteiger partial charge in [0.05, 0.1) is 18.5 Å². The van der Waals surface area contributed by atoms with Gasteiger partial charge in [-0.15, -0.1) is 17.8 Å². The predicted molar refractivity (Wildman–Crippen MR) is 108 cm³/mol. The number of hydrogen-bond acceptors (Lipinski definition) is 6. The minimum Gasteiger partial charge on any atom is -0.464 e. The van der Waals surface area contributed by atoms with E-state index in [1.54, 1.807) is 16.2 Å². The molecule has 0 radical (unpaired) electrons. The Morgan fingerprint density at radius 3 is 2.89 bits per heavy atom. The summed E-state index contributed by atoms with van der Waals surface area (Å²) in [5.41, 5.74) is 2.04. The molecule has 0 fully saturated rings. The lowest BCUT2D eigenvalue weighted by Crippen LogP contribution is -2.35. The number of hydrogen-bond donors (Lipinski definition) is 0. The van der Waals surface area contributed by atoms with Gasteiger partial charge in [0.15, 0.2) is 12.4 Å². The van der Waals surface area contributed by atoms with Crippen LogP contribution in [-0.4, -0.2) is 40.7 Å². The van der Waals surface area contributed by atoms with Crippen molar-refractivity contribution in [3.05, 3.63) is 40.8 Å². The molecule has 0 aliphatic carbocycles. The van der Waals surface area contributed by atoms with Gasteiger partial charge in [-0.3, -0.25) is 0 Å². The Bertz CT molecular complexity index is 1060. The Labute approximate surface area is 167 Å². The maximum Gasteiger partial charge on any atom is 0.410 e. The van der Waals surface area contributed by atoms with Crippen LogP contribution in [0.4, 0.5) is 4.79 Å². The van der Waals surface area contributed by atoms with Crippen molar-refractivity contribution in [2.24, 2.45) is 0 Å². The number of carbonyl (C=O) groups excluding carboxylic acids is 1. The molecule has 3 heterocycles. The first-order valence-corrected chi connectivity index (χ1v) is 9.88. The van der Waals surface area contributed by atoms with Gasteiger partial charge in [0.1, 0.15) is 4.83 Å². The molecule has 0 bridgehead atoms. The van der Waals surface area contributed by atoms with E-state index in [2.05, 4.69) is 10.9 Å². The molecule has 0 saturated heterocycles. The number of ether oxygens (including phenoxy) is 2. The highest BCUT2D eigenvalue weighted by Gasteiger charge is 2.28. The summed E-state index contributed by atoms with van der Waals surface area (Å²) in [6.45, 7) is 3.41. The largest absolute Gasteiger partial charge is 0.464 e. The Hall–Kier alpha value is -3.11. The van der Waals surface area contributed by atoms with E-state index in [1.807, 2.05) is 37.3 Å². The van der Waals surface area contributed by atoms with Gasteiger partial charge in [-0.05, 0) is 18.9 Å². The van der Waals surface area contributed by atoms with Crippen LogP contribution in [0.2, 0.25) is 0 Å². The lowest BCUT2D eigenvalue weighted by molar-refractivity contribution is 0.103. The first-order chi connectivity index (χ1) is 13.7. The fourth-order valence-electron chi connectivity index (χ4n) is 3.26. The molecule has 3 aromatic rings. The highest BCUT2D eigenvalue weighted by Crippen LogP contribution is 2.39. The van der Waals surface area contributed by atoms with Crippen LogP contribution in [-0.2, 0) is 17.7 Å². The van der Waals surface area contributed by atoms with Crippen molar-refractivity contribution in [1.29, 1.82) is 0 Å². The monoisotopic (exact) mass is 393 g/mol. The fraction of sp³-hybridized carbons (Fsp3) is 0.286. The predicted octanol–water partition coefficient (Wildman–Crippen LogP) is 3.88. The van der Waals surface area contributed by atoms with Crippen LogP contribution in [0.15, 0.2) is 30.3 Å². The summed E-state index contributed by atoms with van der Waals surface area (Å²) >= 11 is 1.56. The third-order valence-electron chi connectivity index (χ3n) is 4.52. The zero-order chi connectivity index (χ0) is 19.5. The number of benzene rings is 1. The highest BCUT2D eigenvalue weighted by molar-refractivity contribution is 7.18. The molecule has 0 spiro atoms. The van der Waals surface area contributed by atoms with Crippen molar-refractivity contribution < 1.29 is 14.3 Å². The molecule has 0 saturated carbocycles. The van der Waals surface area contributed by atoms with E-state index in [9.17, 15) is 4.79 Å². The van der Waals surface area contributed by atoms with Gasteiger partial charge in [0.2, 0.25) is 5.88 Å². The fourth-order valence-corrected chi connectivity index (χ4v) is 4.49. The molecule has 28 heavy (non-hydrogen) atoms. The normalized spacial score (nSPS) is 13.1. The lowest BCUT2D eigenvalue weighted by Gasteiger charge is -2.26. The van der Waals surface area contributed by atoms with Crippen LogP contribution in [0.1, 0.15) is 17.4 Å². The van der Waals surface area contributed by atoms with Crippen molar-refractivity contribution in [3.8, 4) is 29.6 Å². The minimum absolute atomic E-state index is 0.139. The average molecular weight is 393 g/mol. The summed E-state index contributed by atoms with van der Waals surface area (Å²) in [6.07, 6.45) is 5.81. The molecule has 6 nitrogen and oxygen atoms in total. The summed E-state index contributed by atoms with van der Waals surface area (Å²) in [7, 11) is 0. The number of rotatable bonds is 4. The van der Waals surface area contributed by atoms with Gasteiger partial charge in [0, 0.05) is 17.0 Å². The van der Waals surface area contributed by atoms with E-state index in [4.69, 9.17) is 20.9 Å². The second-order valence-corrected chi connectivity index (χ2v) is 7.35. The molecule has 1 aliphatic rings. The molecule has 1 aromatic carbocycles. The Balaban J connectivity index is 1.79. The van der Waals surface area contributed by atoms with E-state index in [0.717, 1.165) is 26.2 Å². The van der Waals surface area contributed by atoms with E-state index in [-0.39, 0.29) is 12.7 Å². The third kappa shape index (κ3) is 3.39. The van der Waals surface area contributed by atoms with Gasteiger partial charge >= 0.3 is 6.09 Å². The summed E-state index contributed by atoms with van der Waals surface area (Å²) in [4.78, 5) is 25.2. The number of terminal acetylenes is 1. The van der Waals surface area contributed by atoms with E-state index >= 15 is 0 Å². The number of carbonyl (C=O) groups is 1. The number of aromatic nitrogens is 2. The highest BCUT2D eigenvalue weighted by atomic mass is 32.1. The van der Waals surface area contributed by atoms with Crippen LogP contribution in [0, 0.1) is 12.3 Å². The number of nitrogens with zero attached hydrogens (tertiary/aromatic N) is 3. The molecule has 2 aromatic heterocycles. The molecule has 0 atom stereocenters. The summed E-state index contributed by atoms with van der Waals surface area (Å²) in [5, 5.41) is 0.901. The van der Waals surface area contributed by atoms with Crippen molar-refractivity contribution in [2.75, 3.05) is 19.8 Å². The van der Waals surface area contributed by atoms with Crippen LogP contribution in [0.3, 0.4) is 0 Å². The van der Waals surface area contributed by atoms with Crippen LogP contribution >= 0.6 is 11.3 Å². The van der Waals surface area contributed by atoms with Crippen molar-refractivity contribution in [2.45, 2.75) is 19.9 Å². The molecule has 1 amide bonds. The van der Waals surface area contributed by atoms with E-state index in [0.29, 0.717) is 37.8 Å². The van der Waals surface area contributed by atoms with Gasteiger partial charge in [-0.2, -0.15) is 4.98 Å². The van der Waals surface area contributed by atoms with Gasteiger partial charge < -0.3 is 14.4 Å². The molecule has 1 aliphatic heterocycles. The molecule has 142 valence electrons. The van der Waals surface area contributed by atoms with Crippen molar-refractivity contribution >= 4 is 27.6 Å². The SMILES string of the molecule is C#CCOc1nc(-c2ccccc2)nc2sc3c(c12)CCN(C(=O)OCC)C3. The Kier molecular flexibility index (Phi) is 5.13. The maximum atomic E-state index is 12.1. The molecular weight excluding hydrogens is 374 g/mol. The summed E-state index contributed by atoms with van der Waals surface area (Å²) in [6, 6.07) is 9.76. The standard InChI is InChI=1S/C21H19N3O3S/c1-3-12-27-19-17-15-10-11-24(21(25)26-4-2)13-16(15)28-20(17)23-18(22-19)14-8-6-5-7-9-14/h1,5-9H,4,10-13H2,2H3. The lowest BCUT2D eigenvalue weighted by atomic mass is 10.1.